The van der Waals surface area contributed by atoms with Gasteiger partial charge >= 0.3 is 0 Å². The molecule has 1 aromatic carbocycles. The van der Waals surface area contributed by atoms with Gasteiger partial charge in [-0.05, 0) is 61.8 Å². The molecule has 4 nitrogen and oxygen atoms in total. The molecule has 0 amide bonds. The minimum absolute atomic E-state index is 0.0326. The predicted octanol–water partition coefficient (Wildman–Crippen LogP) is 5.19. The summed E-state index contributed by atoms with van der Waals surface area (Å²) in [5.74, 6) is 1.29. The lowest BCUT2D eigenvalue weighted by atomic mass is 9.89. The van der Waals surface area contributed by atoms with Crippen molar-refractivity contribution in [1.29, 1.82) is 5.26 Å². The molecule has 0 bridgehead atoms. The van der Waals surface area contributed by atoms with Crippen LogP contribution >= 0.6 is 23.1 Å². The second kappa shape index (κ2) is 7.73. The van der Waals surface area contributed by atoms with Gasteiger partial charge in [-0.15, -0.1) is 11.3 Å². The van der Waals surface area contributed by atoms with Crippen molar-refractivity contribution in [3.05, 3.63) is 50.1 Å². The molecule has 0 saturated carbocycles. The van der Waals surface area contributed by atoms with Crippen LogP contribution < -0.4 is 5.56 Å². The molecule has 2 heterocycles. The molecule has 1 atom stereocenters. The second-order valence-corrected chi connectivity index (χ2v) is 9.76. The standard InChI is InChI=1S/C22H23N3OS2/c1-13-5-7-15(3)17(11-13)25-21(26)19-16-8-6-14(2)12-18(16)28-20(19)24-22(25)27-10-4-9-23/h5,7,11,14H,4,6,8,10,12H2,1-3H3/t14-/m0/s1. The number of aromatic nitrogens is 2. The van der Waals surface area contributed by atoms with Crippen LogP contribution in [0.5, 0.6) is 0 Å². The number of rotatable bonds is 4. The third-order valence-corrected chi connectivity index (χ3v) is 7.44. The number of nitrogens with zero attached hydrogens (tertiary/aromatic N) is 3. The molecule has 6 heteroatoms. The molecule has 28 heavy (non-hydrogen) atoms. The summed E-state index contributed by atoms with van der Waals surface area (Å²) in [5, 5.41) is 10.4. The van der Waals surface area contributed by atoms with Gasteiger partial charge in [-0.1, -0.05) is 30.8 Å². The number of hydrogen-bond acceptors (Lipinski definition) is 5. The highest BCUT2D eigenvalue weighted by molar-refractivity contribution is 7.99. The molecule has 144 valence electrons. The van der Waals surface area contributed by atoms with Gasteiger partial charge in [0.25, 0.3) is 5.56 Å². The van der Waals surface area contributed by atoms with Crippen LogP contribution in [0, 0.1) is 31.1 Å². The van der Waals surface area contributed by atoms with Crippen molar-refractivity contribution in [3.8, 4) is 11.8 Å². The fourth-order valence-electron chi connectivity index (χ4n) is 3.83. The first-order chi connectivity index (χ1) is 13.5. The molecule has 1 aliphatic rings. The fraction of sp³-hybridized carbons (Fsp3) is 0.409. The van der Waals surface area contributed by atoms with E-state index in [0.717, 1.165) is 46.3 Å². The fourth-order valence-corrected chi connectivity index (χ4v) is 6.10. The van der Waals surface area contributed by atoms with E-state index in [1.165, 1.54) is 22.2 Å². The monoisotopic (exact) mass is 409 g/mol. The van der Waals surface area contributed by atoms with Gasteiger partial charge in [0.1, 0.15) is 4.83 Å². The SMILES string of the molecule is Cc1ccc(C)c(-n2c(SCCC#N)nc3sc4c(c3c2=O)CC[C@H](C)C4)c1. The summed E-state index contributed by atoms with van der Waals surface area (Å²) in [6.07, 6.45) is 3.56. The number of benzene rings is 1. The Morgan fingerprint density at radius 2 is 2.21 bits per heavy atom. The first-order valence-electron chi connectivity index (χ1n) is 9.64. The largest absolute Gasteiger partial charge is 0.268 e. The Labute approximate surface area is 173 Å². The minimum Gasteiger partial charge on any atom is -0.268 e. The zero-order chi connectivity index (χ0) is 19.8. The molecule has 0 unspecified atom stereocenters. The zero-order valence-electron chi connectivity index (χ0n) is 16.4. The number of aryl methyl sites for hydroxylation is 3. The topological polar surface area (TPSA) is 58.7 Å². The van der Waals surface area contributed by atoms with Gasteiger partial charge in [-0.2, -0.15) is 5.26 Å². The summed E-state index contributed by atoms with van der Waals surface area (Å²) in [5.41, 5.74) is 4.30. The van der Waals surface area contributed by atoms with Crippen LogP contribution in [0.2, 0.25) is 0 Å². The number of hydrogen-bond donors (Lipinski definition) is 0. The van der Waals surface area contributed by atoms with E-state index in [9.17, 15) is 4.79 Å². The lowest BCUT2D eigenvalue weighted by molar-refractivity contribution is 0.509. The third-order valence-electron chi connectivity index (χ3n) is 5.35. The van der Waals surface area contributed by atoms with Crippen molar-refractivity contribution < 1.29 is 0 Å². The quantitative estimate of drug-likeness (QED) is 0.338. The lowest BCUT2D eigenvalue weighted by Gasteiger charge is -2.18. The van der Waals surface area contributed by atoms with Gasteiger partial charge in [0, 0.05) is 17.1 Å². The van der Waals surface area contributed by atoms with Gasteiger partial charge in [0.05, 0.1) is 17.1 Å². The van der Waals surface area contributed by atoms with Gasteiger partial charge in [0.15, 0.2) is 5.16 Å². The maximum absolute atomic E-state index is 13.7. The second-order valence-electron chi connectivity index (χ2n) is 7.61. The Morgan fingerprint density at radius 1 is 1.39 bits per heavy atom. The van der Waals surface area contributed by atoms with E-state index in [4.69, 9.17) is 10.2 Å². The summed E-state index contributed by atoms with van der Waals surface area (Å²) in [6, 6.07) is 8.35. The number of thioether (sulfide) groups is 1. The zero-order valence-corrected chi connectivity index (χ0v) is 18.0. The van der Waals surface area contributed by atoms with E-state index in [2.05, 4.69) is 31.2 Å². The highest BCUT2D eigenvalue weighted by atomic mass is 32.2. The Balaban J connectivity index is 1.98. The van der Waals surface area contributed by atoms with Crippen LogP contribution in [0.3, 0.4) is 0 Å². The van der Waals surface area contributed by atoms with E-state index in [0.29, 0.717) is 23.2 Å². The molecule has 2 aromatic heterocycles. The molecular weight excluding hydrogens is 386 g/mol. The molecule has 3 aromatic rings. The van der Waals surface area contributed by atoms with Gasteiger partial charge in [0.2, 0.25) is 0 Å². The van der Waals surface area contributed by atoms with E-state index in [1.54, 1.807) is 15.9 Å². The van der Waals surface area contributed by atoms with E-state index >= 15 is 0 Å². The van der Waals surface area contributed by atoms with Crippen LogP contribution in [0.25, 0.3) is 15.9 Å². The van der Waals surface area contributed by atoms with Crippen LogP contribution in [-0.4, -0.2) is 15.3 Å². The highest BCUT2D eigenvalue weighted by Gasteiger charge is 2.25. The Kier molecular flexibility index (Phi) is 5.31. The average Bonchev–Trinajstić information content (AvgIpc) is 3.02. The van der Waals surface area contributed by atoms with Crippen molar-refractivity contribution in [2.45, 2.75) is 51.6 Å². The Morgan fingerprint density at radius 3 is 3.00 bits per heavy atom. The molecule has 0 spiro atoms. The lowest BCUT2D eigenvalue weighted by Crippen LogP contribution is -2.23. The number of thiophene rings is 1. The van der Waals surface area contributed by atoms with Crippen molar-refractivity contribution in [2.24, 2.45) is 5.92 Å². The van der Waals surface area contributed by atoms with Crippen molar-refractivity contribution in [1.82, 2.24) is 9.55 Å². The maximum atomic E-state index is 13.7. The molecule has 4 rings (SSSR count). The van der Waals surface area contributed by atoms with Gasteiger partial charge in [-0.3, -0.25) is 9.36 Å². The number of nitriles is 1. The summed E-state index contributed by atoms with van der Waals surface area (Å²) in [7, 11) is 0. The average molecular weight is 410 g/mol. The molecule has 0 saturated heterocycles. The third kappa shape index (κ3) is 3.38. The highest BCUT2D eigenvalue weighted by Crippen LogP contribution is 2.37. The first kappa shape index (κ1) is 19.2. The Hall–Kier alpha value is -2.10. The summed E-state index contributed by atoms with van der Waals surface area (Å²) in [4.78, 5) is 20.8. The molecule has 0 aliphatic heterocycles. The predicted molar refractivity (Wildman–Crippen MR) is 117 cm³/mol. The van der Waals surface area contributed by atoms with Gasteiger partial charge < -0.3 is 0 Å². The minimum atomic E-state index is 0.0326. The van der Waals surface area contributed by atoms with Crippen LogP contribution in [0.15, 0.2) is 28.2 Å². The van der Waals surface area contributed by atoms with E-state index in [-0.39, 0.29) is 5.56 Å². The Bertz CT molecular complexity index is 1150. The summed E-state index contributed by atoms with van der Waals surface area (Å²) < 4.78 is 1.78. The summed E-state index contributed by atoms with van der Waals surface area (Å²) in [6.45, 7) is 6.34. The number of fused-ring (bicyclic) bond motifs is 3. The van der Waals surface area contributed by atoms with Gasteiger partial charge in [-0.25, -0.2) is 4.98 Å². The van der Waals surface area contributed by atoms with E-state index < -0.39 is 0 Å². The molecule has 0 fully saturated rings. The first-order valence-corrected chi connectivity index (χ1v) is 11.4. The van der Waals surface area contributed by atoms with Crippen molar-refractivity contribution in [2.75, 3.05) is 5.75 Å². The van der Waals surface area contributed by atoms with Crippen molar-refractivity contribution in [3.63, 3.8) is 0 Å². The van der Waals surface area contributed by atoms with Crippen LogP contribution in [0.4, 0.5) is 0 Å². The van der Waals surface area contributed by atoms with Crippen LogP contribution in [0.1, 0.15) is 41.3 Å². The smallest absolute Gasteiger partial charge is 0.267 e. The summed E-state index contributed by atoms with van der Waals surface area (Å²) >= 11 is 3.17. The van der Waals surface area contributed by atoms with E-state index in [1.807, 2.05) is 13.8 Å². The molecule has 0 N–H and O–H groups in total. The van der Waals surface area contributed by atoms with Crippen molar-refractivity contribution >= 4 is 33.3 Å². The normalized spacial score (nSPS) is 16.1. The maximum Gasteiger partial charge on any atom is 0.267 e. The van der Waals surface area contributed by atoms with Crippen LogP contribution in [-0.2, 0) is 12.8 Å². The molecule has 1 aliphatic carbocycles. The molecular formula is C22H23N3OS2. The molecule has 0 radical (unpaired) electrons.